The van der Waals surface area contributed by atoms with Gasteiger partial charge in [0.25, 0.3) is 0 Å². The van der Waals surface area contributed by atoms with Crippen LogP contribution in [0.2, 0.25) is 0 Å². The molecule has 2 heterocycles. The summed E-state index contributed by atoms with van der Waals surface area (Å²) < 4.78 is 9.92. The third-order valence-electron chi connectivity index (χ3n) is 1.76. The quantitative estimate of drug-likeness (QED) is 0.701. The highest BCUT2D eigenvalue weighted by molar-refractivity contribution is 5.49. The van der Waals surface area contributed by atoms with E-state index in [1.54, 1.807) is 12.1 Å². The molecule has 2 aromatic rings. The van der Waals surface area contributed by atoms with Crippen LogP contribution in [0.3, 0.4) is 0 Å². The fourth-order valence-electron chi connectivity index (χ4n) is 1.03. The molecule has 74 valence electrons. The molecular weight excluding hydrogens is 186 g/mol. The Morgan fingerprint density at radius 3 is 2.64 bits per heavy atom. The number of aliphatic hydroxyl groups is 2. The van der Waals surface area contributed by atoms with Crippen LogP contribution in [-0.2, 0) is 5.79 Å². The minimum atomic E-state index is -1.99. The highest BCUT2D eigenvalue weighted by atomic mass is 16.5. The SMILES string of the molecule is CC(O)(O)c1cc(-c2ccco2)on1. The molecule has 0 amide bonds. The predicted octanol–water partition coefficient (Wildman–Crippen LogP) is 1.09. The summed E-state index contributed by atoms with van der Waals surface area (Å²) in [7, 11) is 0. The van der Waals surface area contributed by atoms with E-state index < -0.39 is 5.79 Å². The molecule has 0 radical (unpaired) electrons. The van der Waals surface area contributed by atoms with Gasteiger partial charge in [0.2, 0.25) is 11.5 Å². The molecule has 2 rings (SSSR count). The summed E-state index contributed by atoms with van der Waals surface area (Å²) in [4.78, 5) is 0. The number of hydrogen-bond donors (Lipinski definition) is 2. The van der Waals surface area contributed by atoms with Gasteiger partial charge in [-0.1, -0.05) is 5.16 Å². The molecule has 0 saturated carbocycles. The zero-order valence-corrected chi connectivity index (χ0v) is 7.47. The standard InChI is InChI=1S/C9H9NO4/c1-9(11,12)8-5-7(14-10-8)6-3-2-4-13-6/h2-5,11-12H,1H3. The third-order valence-corrected chi connectivity index (χ3v) is 1.76. The molecule has 14 heavy (non-hydrogen) atoms. The zero-order chi connectivity index (χ0) is 10.2. The van der Waals surface area contributed by atoms with E-state index in [1.165, 1.54) is 19.3 Å². The lowest BCUT2D eigenvalue weighted by Gasteiger charge is -2.09. The molecule has 0 aromatic carbocycles. The number of aromatic nitrogens is 1. The van der Waals surface area contributed by atoms with Crippen molar-refractivity contribution in [3.63, 3.8) is 0 Å². The highest BCUT2D eigenvalue weighted by Crippen LogP contribution is 2.24. The van der Waals surface area contributed by atoms with Crippen LogP contribution in [0.4, 0.5) is 0 Å². The van der Waals surface area contributed by atoms with Crippen LogP contribution in [0.1, 0.15) is 12.6 Å². The van der Waals surface area contributed by atoms with Crippen molar-refractivity contribution >= 4 is 0 Å². The predicted molar refractivity (Wildman–Crippen MR) is 46.0 cm³/mol. The zero-order valence-electron chi connectivity index (χ0n) is 7.47. The molecular formula is C9H9NO4. The Bertz CT molecular complexity index is 410. The molecule has 2 N–H and O–H groups in total. The Balaban J connectivity index is 2.36. The van der Waals surface area contributed by atoms with Crippen molar-refractivity contribution in [2.75, 3.05) is 0 Å². The Hall–Kier alpha value is -1.59. The van der Waals surface area contributed by atoms with E-state index >= 15 is 0 Å². The maximum Gasteiger partial charge on any atom is 0.207 e. The number of nitrogens with zero attached hydrogens (tertiary/aromatic N) is 1. The normalized spacial score (nSPS) is 11.9. The summed E-state index contributed by atoms with van der Waals surface area (Å²) in [6.07, 6.45) is 1.49. The van der Waals surface area contributed by atoms with E-state index in [-0.39, 0.29) is 5.69 Å². The van der Waals surface area contributed by atoms with Gasteiger partial charge in [-0.05, 0) is 19.1 Å². The molecule has 0 aliphatic heterocycles. The number of rotatable bonds is 2. The maximum absolute atomic E-state index is 9.20. The van der Waals surface area contributed by atoms with Crippen molar-refractivity contribution in [2.45, 2.75) is 12.7 Å². The van der Waals surface area contributed by atoms with E-state index in [9.17, 15) is 10.2 Å². The van der Waals surface area contributed by atoms with Crippen molar-refractivity contribution in [1.82, 2.24) is 5.16 Å². The van der Waals surface area contributed by atoms with Crippen LogP contribution < -0.4 is 0 Å². The highest BCUT2D eigenvalue weighted by Gasteiger charge is 2.24. The van der Waals surface area contributed by atoms with Gasteiger partial charge in [-0.15, -0.1) is 0 Å². The lowest BCUT2D eigenvalue weighted by atomic mass is 10.2. The second kappa shape index (κ2) is 2.97. The van der Waals surface area contributed by atoms with E-state index in [0.29, 0.717) is 11.5 Å². The molecule has 0 saturated heterocycles. The smallest absolute Gasteiger partial charge is 0.207 e. The van der Waals surface area contributed by atoms with Crippen molar-refractivity contribution in [1.29, 1.82) is 0 Å². The van der Waals surface area contributed by atoms with Crippen LogP contribution in [-0.4, -0.2) is 15.4 Å². The van der Waals surface area contributed by atoms with Gasteiger partial charge in [0.1, 0.15) is 5.69 Å². The molecule has 0 fully saturated rings. The first-order valence-electron chi connectivity index (χ1n) is 4.03. The average Bonchev–Trinajstić information content (AvgIpc) is 2.73. The van der Waals surface area contributed by atoms with Gasteiger partial charge in [0, 0.05) is 6.07 Å². The van der Waals surface area contributed by atoms with Gasteiger partial charge in [-0.2, -0.15) is 0 Å². The average molecular weight is 195 g/mol. The molecule has 5 nitrogen and oxygen atoms in total. The topological polar surface area (TPSA) is 79.6 Å². The first-order valence-corrected chi connectivity index (χ1v) is 4.03. The molecule has 2 aromatic heterocycles. The fraction of sp³-hybridized carbons (Fsp3) is 0.222. The summed E-state index contributed by atoms with van der Waals surface area (Å²) >= 11 is 0. The Morgan fingerprint density at radius 1 is 1.36 bits per heavy atom. The maximum atomic E-state index is 9.20. The monoisotopic (exact) mass is 195 g/mol. The lowest BCUT2D eigenvalue weighted by molar-refractivity contribution is -0.157. The van der Waals surface area contributed by atoms with Crippen LogP contribution in [0.25, 0.3) is 11.5 Å². The summed E-state index contributed by atoms with van der Waals surface area (Å²) in [5.74, 6) is -1.14. The van der Waals surface area contributed by atoms with Crippen molar-refractivity contribution in [2.24, 2.45) is 0 Å². The van der Waals surface area contributed by atoms with Gasteiger partial charge in [-0.25, -0.2) is 0 Å². The Morgan fingerprint density at radius 2 is 2.14 bits per heavy atom. The van der Waals surface area contributed by atoms with Gasteiger partial charge in [-0.3, -0.25) is 0 Å². The molecule has 0 bridgehead atoms. The Labute approximate surface area is 79.6 Å². The van der Waals surface area contributed by atoms with E-state index in [1.807, 2.05) is 0 Å². The van der Waals surface area contributed by atoms with E-state index in [0.717, 1.165) is 0 Å². The second-order valence-electron chi connectivity index (χ2n) is 3.07. The molecule has 0 aliphatic carbocycles. The summed E-state index contributed by atoms with van der Waals surface area (Å²) in [6, 6.07) is 4.81. The van der Waals surface area contributed by atoms with Gasteiger partial charge in [0.15, 0.2) is 5.76 Å². The Kier molecular flexibility index (Phi) is 1.90. The largest absolute Gasteiger partial charge is 0.461 e. The van der Waals surface area contributed by atoms with Gasteiger partial charge < -0.3 is 19.2 Å². The van der Waals surface area contributed by atoms with Crippen molar-refractivity contribution < 1.29 is 19.2 Å². The van der Waals surface area contributed by atoms with Crippen LogP contribution in [0, 0.1) is 0 Å². The van der Waals surface area contributed by atoms with Gasteiger partial charge >= 0.3 is 0 Å². The molecule has 0 spiro atoms. The minimum absolute atomic E-state index is 0.0453. The molecule has 0 atom stereocenters. The summed E-state index contributed by atoms with van der Waals surface area (Å²) in [5.41, 5.74) is 0.0453. The van der Waals surface area contributed by atoms with Crippen molar-refractivity contribution in [3.05, 3.63) is 30.2 Å². The second-order valence-corrected chi connectivity index (χ2v) is 3.07. The first-order chi connectivity index (χ1) is 6.57. The van der Waals surface area contributed by atoms with Crippen LogP contribution in [0.15, 0.2) is 33.4 Å². The van der Waals surface area contributed by atoms with E-state index in [4.69, 9.17) is 8.94 Å². The molecule has 0 aliphatic rings. The van der Waals surface area contributed by atoms with Crippen LogP contribution >= 0.6 is 0 Å². The number of furan rings is 1. The summed E-state index contributed by atoms with van der Waals surface area (Å²) in [5, 5.41) is 21.9. The van der Waals surface area contributed by atoms with E-state index in [2.05, 4.69) is 5.16 Å². The molecule has 0 unspecified atom stereocenters. The fourth-order valence-corrected chi connectivity index (χ4v) is 1.03. The van der Waals surface area contributed by atoms with Crippen LogP contribution in [0.5, 0.6) is 0 Å². The lowest BCUT2D eigenvalue weighted by Crippen LogP contribution is -2.19. The first kappa shape index (κ1) is 8.98. The minimum Gasteiger partial charge on any atom is -0.461 e. The third kappa shape index (κ3) is 1.55. The summed E-state index contributed by atoms with van der Waals surface area (Å²) in [6.45, 7) is 1.21. The van der Waals surface area contributed by atoms with Crippen molar-refractivity contribution in [3.8, 4) is 11.5 Å². The number of hydrogen-bond acceptors (Lipinski definition) is 5. The molecule has 5 heteroatoms. The van der Waals surface area contributed by atoms with Gasteiger partial charge in [0.05, 0.1) is 6.26 Å².